The highest BCUT2D eigenvalue weighted by Gasteiger charge is 2.10. The highest BCUT2D eigenvalue weighted by Crippen LogP contribution is 2.22. The van der Waals surface area contributed by atoms with Gasteiger partial charge in [-0.25, -0.2) is 9.97 Å². The monoisotopic (exact) mass is 318 g/mol. The van der Waals surface area contributed by atoms with Gasteiger partial charge >= 0.3 is 0 Å². The van der Waals surface area contributed by atoms with Gasteiger partial charge in [-0.1, -0.05) is 24.3 Å². The van der Waals surface area contributed by atoms with E-state index >= 15 is 0 Å². The lowest BCUT2D eigenvalue weighted by atomic mass is 10.0. The lowest BCUT2D eigenvalue weighted by molar-refractivity contribution is 0.171. The predicted octanol–water partition coefficient (Wildman–Crippen LogP) is 3.18. The molecule has 0 aliphatic heterocycles. The van der Waals surface area contributed by atoms with Crippen LogP contribution in [0.15, 0.2) is 61.2 Å². The molecule has 0 amide bonds. The SMILES string of the molecule is COn1c(C)nc2cc(Cc3ccccc3-n3ccnc3)ccc21. The topological polar surface area (TPSA) is 44.9 Å². The molecule has 5 heteroatoms. The van der Waals surface area contributed by atoms with Gasteiger partial charge in [-0.05, 0) is 42.7 Å². The smallest absolute Gasteiger partial charge is 0.143 e. The third kappa shape index (κ3) is 2.44. The van der Waals surface area contributed by atoms with E-state index in [1.807, 2.05) is 30.1 Å². The summed E-state index contributed by atoms with van der Waals surface area (Å²) in [6.45, 7) is 1.94. The van der Waals surface area contributed by atoms with Crippen LogP contribution in [0.25, 0.3) is 16.7 Å². The molecule has 4 rings (SSSR count). The number of rotatable bonds is 4. The number of nitrogens with zero attached hydrogens (tertiary/aromatic N) is 4. The Hall–Kier alpha value is -3.08. The third-order valence-corrected chi connectivity index (χ3v) is 4.19. The Kier molecular flexibility index (Phi) is 3.54. The molecular formula is C19H18N4O. The van der Waals surface area contributed by atoms with Crippen molar-refractivity contribution in [2.45, 2.75) is 13.3 Å². The van der Waals surface area contributed by atoms with Gasteiger partial charge in [0.05, 0.1) is 11.8 Å². The first-order valence-corrected chi connectivity index (χ1v) is 7.85. The molecule has 0 N–H and O–H groups in total. The van der Waals surface area contributed by atoms with Crippen LogP contribution in [0.1, 0.15) is 17.0 Å². The molecule has 2 aromatic heterocycles. The molecule has 0 aliphatic rings. The molecule has 2 aromatic carbocycles. The van der Waals surface area contributed by atoms with E-state index in [9.17, 15) is 0 Å². The summed E-state index contributed by atoms with van der Waals surface area (Å²) in [6.07, 6.45) is 6.42. The van der Waals surface area contributed by atoms with Crippen molar-refractivity contribution in [2.75, 3.05) is 7.11 Å². The molecule has 0 atom stereocenters. The molecule has 4 aromatic rings. The lowest BCUT2D eigenvalue weighted by Crippen LogP contribution is -2.07. The van der Waals surface area contributed by atoms with Crippen LogP contribution in [0.4, 0.5) is 0 Å². The normalized spacial score (nSPS) is 11.1. The number of hydrogen-bond acceptors (Lipinski definition) is 3. The summed E-state index contributed by atoms with van der Waals surface area (Å²) >= 11 is 0. The summed E-state index contributed by atoms with van der Waals surface area (Å²) in [5, 5.41) is 0. The van der Waals surface area contributed by atoms with Crippen LogP contribution in [-0.4, -0.2) is 26.4 Å². The predicted molar refractivity (Wildman–Crippen MR) is 93.3 cm³/mol. The Labute approximate surface area is 140 Å². The number of imidazole rings is 2. The van der Waals surface area contributed by atoms with Crippen LogP contribution in [-0.2, 0) is 6.42 Å². The van der Waals surface area contributed by atoms with Gasteiger partial charge in [0.25, 0.3) is 0 Å². The van der Waals surface area contributed by atoms with Crippen molar-refractivity contribution in [3.8, 4) is 5.69 Å². The third-order valence-electron chi connectivity index (χ3n) is 4.19. The van der Waals surface area contributed by atoms with Crippen LogP contribution in [0.2, 0.25) is 0 Å². The van der Waals surface area contributed by atoms with E-state index in [0.29, 0.717) is 0 Å². The highest BCUT2D eigenvalue weighted by molar-refractivity contribution is 5.76. The minimum Gasteiger partial charge on any atom is -0.415 e. The van der Waals surface area contributed by atoms with E-state index in [2.05, 4.69) is 46.4 Å². The summed E-state index contributed by atoms with van der Waals surface area (Å²) in [5.41, 5.74) is 5.55. The van der Waals surface area contributed by atoms with E-state index < -0.39 is 0 Å². The number of hydrogen-bond donors (Lipinski definition) is 0. The number of fused-ring (bicyclic) bond motifs is 1. The Bertz CT molecular complexity index is 986. The molecule has 0 unspecified atom stereocenters. The molecular weight excluding hydrogens is 300 g/mol. The summed E-state index contributed by atoms with van der Waals surface area (Å²) in [6, 6.07) is 14.7. The molecule has 0 saturated heterocycles. The average molecular weight is 318 g/mol. The molecule has 0 saturated carbocycles. The number of para-hydroxylation sites is 1. The molecule has 0 bridgehead atoms. The van der Waals surface area contributed by atoms with Crippen molar-refractivity contribution in [3.05, 3.63) is 78.1 Å². The van der Waals surface area contributed by atoms with Crippen LogP contribution < -0.4 is 4.84 Å². The fourth-order valence-corrected chi connectivity index (χ4v) is 3.10. The first kappa shape index (κ1) is 14.5. The number of benzene rings is 2. The highest BCUT2D eigenvalue weighted by atomic mass is 16.6. The summed E-state index contributed by atoms with van der Waals surface area (Å²) in [7, 11) is 1.66. The number of aromatic nitrogens is 4. The van der Waals surface area contributed by atoms with Crippen molar-refractivity contribution >= 4 is 11.0 Å². The summed E-state index contributed by atoms with van der Waals surface area (Å²) in [4.78, 5) is 14.1. The Morgan fingerprint density at radius 1 is 1.12 bits per heavy atom. The van der Waals surface area contributed by atoms with Gasteiger partial charge in [0.2, 0.25) is 0 Å². The van der Waals surface area contributed by atoms with Crippen LogP contribution in [0, 0.1) is 6.92 Å². The zero-order chi connectivity index (χ0) is 16.5. The van der Waals surface area contributed by atoms with E-state index in [4.69, 9.17) is 4.84 Å². The van der Waals surface area contributed by atoms with Crippen molar-refractivity contribution in [2.24, 2.45) is 0 Å². The van der Waals surface area contributed by atoms with Gasteiger partial charge < -0.3 is 9.40 Å². The van der Waals surface area contributed by atoms with Crippen molar-refractivity contribution in [3.63, 3.8) is 0 Å². The molecule has 2 heterocycles. The number of aryl methyl sites for hydroxylation is 1. The zero-order valence-electron chi connectivity index (χ0n) is 13.7. The second kappa shape index (κ2) is 5.85. The van der Waals surface area contributed by atoms with Crippen molar-refractivity contribution in [1.29, 1.82) is 0 Å². The molecule has 24 heavy (non-hydrogen) atoms. The molecule has 0 radical (unpaired) electrons. The van der Waals surface area contributed by atoms with Gasteiger partial charge in [0, 0.05) is 18.1 Å². The van der Waals surface area contributed by atoms with Crippen LogP contribution in [0.5, 0.6) is 0 Å². The largest absolute Gasteiger partial charge is 0.415 e. The maximum Gasteiger partial charge on any atom is 0.143 e. The van der Waals surface area contributed by atoms with Gasteiger partial charge in [0.15, 0.2) is 0 Å². The quantitative estimate of drug-likeness (QED) is 0.580. The van der Waals surface area contributed by atoms with Gasteiger partial charge in [-0.3, -0.25) is 0 Å². The Balaban J connectivity index is 1.73. The maximum atomic E-state index is 5.37. The van der Waals surface area contributed by atoms with E-state index in [1.54, 1.807) is 18.0 Å². The standard InChI is InChI=1S/C19H18N4O/c1-14-21-17-12-15(7-8-19(17)23(14)24-2)11-16-5-3-4-6-18(16)22-10-9-20-13-22/h3-10,12-13H,11H2,1-2H3. The summed E-state index contributed by atoms with van der Waals surface area (Å²) in [5.74, 6) is 0.850. The fraction of sp³-hybridized carbons (Fsp3) is 0.158. The molecule has 5 nitrogen and oxygen atoms in total. The van der Waals surface area contributed by atoms with Crippen molar-refractivity contribution < 1.29 is 4.84 Å². The Morgan fingerprint density at radius 2 is 2.00 bits per heavy atom. The maximum absolute atomic E-state index is 5.37. The second-order valence-corrected chi connectivity index (χ2v) is 5.73. The molecule has 120 valence electrons. The van der Waals surface area contributed by atoms with Gasteiger partial charge in [-0.15, -0.1) is 0 Å². The molecule has 0 spiro atoms. The zero-order valence-corrected chi connectivity index (χ0v) is 13.7. The fourth-order valence-electron chi connectivity index (χ4n) is 3.10. The van der Waals surface area contributed by atoms with Gasteiger partial charge in [0.1, 0.15) is 18.5 Å². The van der Waals surface area contributed by atoms with Crippen molar-refractivity contribution in [1.82, 2.24) is 19.3 Å². The second-order valence-electron chi connectivity index (χ2n) is 5.73. The summed E-state index contributed by atoms with van der Waals surface area (Å²) < 4.78 is 3.79. The van der Waals surface area contributed by atoms with E-state index in [1.165, 1.54) is 11.1 Å². The lowest BCUT2D eigenvalue weighted by Gasteiger charge is -2.10. The molecule has 0 aliphatic carbocycles. The molecule has 0 fully saturated rings. The first-order chi connectivity index (χ1) is 11.8. The first-order valence-electron chi connectivity index (χ1n) is 7.85. The van der Waals surface area contributed by atoms with Gasteiger partial charge in [-0.2, -0.15) is 4.73 Å². The van der Waals surface area contributed by atoms with Crippen LogP contribution >= 0.6 is 0 Å². The Morgan fingerprint density at radius 3 is 2.79 bits per heavy atom. The van der Waals surface area contributed by atoms with E-state index in [0.717, 1.165) is 29.0 Å². The van der Waals surface area contributed by atoms with E-state index in [-0.39, 0.29) is 0 Å². The van der Waals surface area contributed by atoms with Crippen LogP contribution in [0.3, 0.4) is 0 Å². The minimum absolute atomic E-state index is 0.836. The average Bonchev–Trinajstić information content (AvgIpc) is 3.22. The minimum atomic E-state index is 0.836.